The van der Waals surface area contributed by atoms with E-state index in [1.54, 1.807) is 6.92 Å². The summed E-state index contributed by atoms with van der Waals surface area (Å²) in [5.74, 6) is 0.0658. The Balaban J connectivity index is 1.59. The summed E-state index contributed by atoms with van der Waals surface area (Å²) >= 11 is 0. The van der Waals surface area contributed by atoms with Crippen LogP contribution in [0.15, 0.2) is 6.20 Å². The normalized spacial score (nSPS) is 23.0. The molecule has 0 unspecified atom stereocenters. The predicted molar refractivity (Wildman–Crippen MR) is 90.8 cm³/mol. The monoisotopic (exact) mass is 354 g/mol. The van der Waals surface area contributed by atoms with Crippen molar-refractivity contribution in [3.63, 3.8) is 0 Å². The first kappa shape index (κ1) is 17.4. The molecule has 0 bridgehead atoms. The molecule has 1 atom stereocenters. The van der Waals surface area contributed by atoms with Crippen LogP contribution >= 0.6 is 0 Å². The summed E-state index contributed by atoms with van der Waals surface area (Å²) in [7, 11) is -1.21. The van der Waals surface area contributed by atoms with Crippen molar-refractivity contribution in [3.05, 3.63) is 17.5 Å². The van der Waals surface area contributed by atoms with Crippen LogP contribution < -0.4 is 5.32 Å². The summed E-state index contributed by atoms with van der Waals surface area (Å²) in [6, 6.07) is 0.0346. The summed E-state index contributed by atoms with van der Waals surface area (Å²) in [6.07, 6.45) is 6.04. The van der Waals surface area contributed by atoms with Crippen molar-refractivity contribution in [2.75, 3.05) is 18.8 Å². The van der Waals surface area contributed by atoms with Gasteiger partial charge in [0.15, 0.2) is 0 Å². The molecular formula is C16H26N4O3S. The molecule has 1 aliphatic heterocycles. The smallest absolute Gasteiger partial charge is 0.223 e. The summed E-state index contributed by atoms with van der Waals surface area (Å²) in [5.41, 5.74) is 2.33. The minimum absolute atomic E-state index is 0.0346. The maximum atomic E-state index is 12.6. The molecular weight excluding hydrogens is 328 g/mol. The van der Waals surface area contributed by atoms with Crippen LogP contribution in [0.5, 0.6) is 0 Å². The summed E-state index contributed by atoms with van der Waals surface area (Å²) in [4.78, 5) is 12.6. The van der Waals surface area contributed by atoms with E-state index >= 15 is 0 Å². The SMILES string of the molecule is CCS(=O)(=O)N1CCC(C(=O)N[C@@H]2CCCc3c2cnn3C)CC1. The lowest BCUT2D eigenvalue weighted by atomic mass is 9.91. The lowest BCUT2D eigenvalue weighted by molar-refractivity contribution is -0.127. The first-order valence-corrected chi connectivity index (χ1v) is 10.3. The van der Waals surface area contributed by atoms with Gasteiger partial charge in [0.25, 0.3) is 0 Å². The molecule has 3 rings (SSSR count). The van der Waals surface area contributed by atoms with Gasteiger partial charge in [-0.15, -0.1) is 0 Å². The number of nitrogens with zero attached hydrogens (tertiary/aromatic N) is 3. The number of fused-ring (bicyclic) bond motifs is 1. The Bertz CT molecular complexity index is 705. The molecule has 24 heavy (non-hydrogen) atoms. The molecule has 2 aliphatic rings. The largest absolute Gasteiger partial charge is 0.349 e. The van der Waals surface area contributed by atoms with Crippen molar-refractivity contribution in [3.8, 4) is 0 Å². The molecule has 1 fully saturated rings. The molecule has 0 saturated carbocycles. The van der Waals surface area contributed by atoms with Gasteiger partial charge in [0, 0.05) is 37.3 Å². The lowest BCUT2D eigenvalue weighted by Gasteiger charge is -2.32. The Hall–Kier alpha value is -1.41. The van der Waals surface area contributed by atoms with Gasteiger partial charge in [0.05, 0.1) is 18.0 Å². The van der Waals surface area contributed by atoms with Gasteiger partial charge in [-0.3, -0.25) is 9.48 Å². The third-order valence-corrected chi connectivity index (χ3v) is 7.16. The Morgan fingerprint density at radius 3 is 2.71 bits per heavy atom. The topological polar surface area (TPSA) is 84.3 Å². The van der Waals surface area contributed by atoms with Gasteiger partial charge < -0.3 is 5.32 Å². The number of sulfonamides is 1. The predicted octanol–water partition coefficient (Wildman–Crippen LogP) is 0.975. The van der Waals surface area contributed by atoms with E-state index in [0.29, 0.717) is 25.9 Å². The zero-order valence-electron chi connectivity index (χ0n) is 14.4. The fourth-order valence-corrected chi connectivity index (χ4v) is 4.86. The molecule has 8 heteroatoms. The second-order valence-electron chi connectivity index (χ2n) is 6.70. The maximum absolute atomic E-state index is 12.6. The highest BCUT2D eigenvalue weighted by atomic mass is 32.2. The number of aryl methyl sites for hydroxylation is 1. The van der Waals surface area contributed by atoms with Crippen LogP contribution in [0.1, 0.15) is 49.9 Å². The molecule has 1 saturated heterocycles. The van der Waals surface area contributed by atoms with E-state index in [-0.39, 0.29) is 23.6 Å². The second kappa shape index (κ2) is 6.84. The Morgan fingerprint density at radius 2 is 2.04 bits per heavy atom. The molecule has 1 amide bonds. The van der Waals surface area contributed by atoms with Crippen LogP contribution in [0.3, 0.4) is 0 Å². The number of piperidine rings is 1. The third-order valence-electron chi connectivity index (χ3n) is 5.28. The van der Waals surface area contributed by atoms with Crippen molar-refractivity contribution < 1.29 is 13.2 Å². The highest BCUT2D eigenvalue weighted by Crippen LogP contribution is 2.30. The van der Waals surface area contributed by atoms with Crippen LogP contribution in [-0.4, -0.2) is 47.3 Å². The van der Waals surface area contributed by atoms with Gasteiger partial charge in [0.1, 0.15) is 0 Å². The molecule has 134 valence electrons. The molecule has 1 aliphatic carbocycles. The molecule has 1 aromatic rings. The number of carbonyl (C=O) groups is 1. The second-order valence-corrected chi connectivity index (χ2v) is 8.96. The highest BCUT2D eigenvalue weighted by Gasteiger charge is 2.32. The number of amides is 1. The number of aromatic nitrogens is 2. The number of hydrogen-bond acceptors (Lipinski definition) is 4. The third kappa shape index (κ3) is 3.35. The van der Waals surface area contributed by atoms with E-state index in [0.717, 1.165) is 24.8 Å². The fourth-order valence-electron chi connectivity index (χ4n) is 3.72. The van der Waals surface area contributed by atoms with E-state index < -0.39 is 10.0 Å². The van der Waals surface area contributed by atoms with Gasteiger partial charge in [-0.1, -0.05) is 0 Å². The van der Waals surface area contributed by atoms with Gasteiger partial charge in [-0.2, -0.15) is 5.10 Å². The first-order valence-electron chi connectivity index (χ1n) is 8.71. The Morgan fingerprint density at radius 1 is 1.33 bits per heavy atom. The quantitative estimate of drug-likeness (QED) is 0.873. The van der Waals surface area contributed by atoms with Crippen LogP contribution in [0.2, 0.25) is 0 Å². The average molecular weight is 354 g/mol. The molecule has 0 aromatic carbocycles. The maximum Gasteiger partial charge on any atom is 0.223 e. The van der Waals surface area contributed by atoms with Crippen LogP contribution in [0.25, 0.3) is 0 Å². The average Bonchev–Trinajstić information content (AvgIpc) is 2.97. The summed E-state index contributed by atoms with van der Waals surface area (Å²) in [5, 5.41) is 7.47. The Labute approximate surface area is 143 Å². The summed E-state index contributed by atoms with van der Waals surface area (Å²) in [6.45, 7) is 2.54. The molecule has 0 spiro atoms. The highest BCUT2D eigenvalue weighted by molar-refractivity contribution is 7.89. The molecule has 1 aromatic heterocycles. The van der Waals surface area contributed by atoms with Crippen molar-refractivity contribution in [2.45, 2.75) is 45.1 Å². The van der Waals surface area contributed by atoms with E-state index in [1.165, 1.54) is 10.00 Å². The molecule has 7 nitrogen and oxygen atoms in total. The Kier molecular flexibility index (Phi) is 4.96. The number of nitrogens with one attached hydrogen (secondary N) is 1. The zero-order chi connectivity index (χ0) is 17.3. The van der Waals surface area contributed by atoms with E-state index in [1.807, 2.05) is 17.9 Å². The lowest BCUT2D eigenvalue weighted by Crippen LogP contribution is -2.44. The standard InChI is InChI=1S/C16H26N4O3S/c1-3-24(22,23)20-9-7-12(8-10-20)16(21)18-14-5-4-6-15-13(14)11-17-19(15)2/h11-12,14H,3-10H2,1-2H3,(H,18,21)/t14-/m1/s1. The molecule has 2 heterocycles. The van der Waals surface area contributed by atoms with Gasteiger partial charge in [0.2, 0.25) is 15.9 Å². The zero-order valence-corrected chi connectivity index (χ0v) is 15.2. The van der Waals surface area contributed by atoms with Crippen molar-refractivity contribution >= 4 is 15.9 Å². The first-order chi connectivity index (χ1) is 11.4. The minimum atomic E-state index is -3.14. The molecule has 0 radical (unpaired) electrons. The van der Waals surface area contributed by atoms with Crippen molar-refractivity contribution in [1.29, 1.82) is 0 Å². The molecule has 1 N–H and O–H groups in total. The van der Waals surface area contributed by atoms with Crippen LogP contribution in [0.4, 0.5) is 0 Å². The van der Waals surface area contributed by atoms with Crippen molar-refractivity contribution in [2.24, 2.45) is 13.0 Å². The van der Waals surface area contributed by atoms with Crippen LogP contribution in [-0.2, 0) is 28.3 Å². The minimum Gasteiger partial charge on any atom is -0.349 e. The number of carbonyl (C=O) groups excluding carboxylic acids is 1. The van der Waals surface area contributed by atoms with Crippen LogP contribution in [0, 0.1) is 5.92 Å². The van der Waals surface area contributed by atoms with E-state index in [4.69, 9.17) is 0 Å². The van der Waals surface area contributed by atoms with Gasteiger partial charge in [-0.05, 0) is 39.0 Å². The fraction of sp³-hybridized carbons (Fsp3) is 0.750. The van der Waals surface area contributed by atoms with Gasteiger partial charge in [-0.25, -0.2) is 12.7 Å². The number of hydrogen-bond donors (Lipinski definition) is 1. The number of rotatable bonds is 4. The summed E-state index contributed by atoms with van der Waals surface area (Å²) < 4.78 is 27.2. The van der Waals surface area contributed by atoms with Crippen molar-refractivity contribution in [1.82, 2.24) is 19.4 Å². The van der Waals surface area contributed by atoms with E-state index in [2.05, 4.69) is 10.4 Å². The van der Waals surface area contributed by atoms with E-state index in [9.17, 15) is 13.2 Å². The van der Waals surface area contributed by atoms with Gasteiger partial charge >= 0.3 is 0 Å².